The van der Waals surface area contributed by atoms with Crippen LogP contribution in [0, 0.1) is 6.92 Å². The molecule has 0 aliphatic heterocycles. The Labute approximate surface area is 107 Å². The molecule has 1 heterocycles. The third kappa shape index (κ3) is 2.39. The van der Waals surface area contributed by atoms with E-state index in [-0.39, 0.29) is 0 Å². The second-order valence-electron chi connectivity index (χ2n) is 5.13. The lowest BCUT2D eigenvalue weighted by atomic mass is 10.3. The summed E-state index contributed by atoms with van der Waals surface area (Å²) in [6.07, 6.45) is 4.79. The summed E-state index contributed by atoms with van der Waals surface area (Å²) in [5.74, 6) is 0.984. The van der Waals surface area contributed by atoms with Gasteiger partial charge in [-0.3, -0.25) is 0 Å². The molecule has 3 N–H and O–H groups in total. The van der Waals surface area contributed by atoms with Gasteiger partial charge >= 0.3 is 0 Å². The minimum atomic E-state index is 0.331. The number of hydrogen-bond donors (Lipinski definition) is 2. The zero-order chi connectivity index (χ0) is 12.6. The zero-order valence-corrected chi connectivity index (χ0v) is 11.9. The Morgan fingerprint density at radius 2 is 2.18 bits per heavy atom. The largest absolute Gasteiger partial charge is 0.394 e. The van der Waals surface area contributed by atoms with Crippen molar-refractivity contribution >= 4 is 23.3 Å². The summed E-state index contributed by atoms with van der Waals surface area (Å²) in [5.41, 5.74) is 7.78. The van der Waals surface area contributed by atoms with Gasteiger partial charge in [-0.25, -0.2) is 4.68 Å². The Bertz CT molecular complexity index is 407. The molecule has 1 aromatic heterocycles. The normalized spacial score (nSPS) is 17.5. The topological polar surface area (TPSA) is 55.9 Å². The van der Waals surface area contributed by atoms with E-state index in [0.717, 1.165) is 23.7 Å². The van der Waals surface area contributed by atoms with E-state index in [1.807, 2.05) is 23.4 Å². The molecule has 5 heteroatoms. The lowest BCUT2D eigenvalue weighted by molar-refractivity contribution is 0.534. The number of anilines is 2. The van der Waals surface area contributed by atoms with Crippen LogP contribution < -0.4 is 11.1 Å². The van der Waals surface area contributed by atoms with Crippen LogP contribution >= 0.6 is 11.8 Å². The summed E-state index contributed by atoms with van der Waals surface area (Å²) in [5, 5.41) is 7.97. The number of nitrogens with one attached hydrogen (secondary N) is 1. The van der Waals surface area contributed by atoms with E-state index in [9.17, 15) is 0 Å². The molecule has 1 aliphatic rings. The van der Waals surface area contributed by atoms with Gasteiger partial charge in [0, 0.05) is 17.3 Å². The van der Waals surface area contributed by atoms with E-state index in [1.165, 1.54) is 12.8 Å². The predicted molar refractivity (Wildman–Crippen MR) is 75.7 cm³/mol. The van der Waals surface area contributed by atoms with Crippen molar-refractivity contribution in [3.8, 4) is 0 Å². The molecule has 0 aromatic carbocycles. The average molecular weight is 254 g/mol. The summed E-state index contributed by atoms with van der Waals surface area (Å²) in [7, 11) is 0. The van der Waals surface area contributed by atoms with Crippen molar-refractivity contribution in [2.75, 3.05) is 23.9 Å². The van der Waals surface area contributed by atoms with Crippen molar-refractivity contribution in [1.82, 2.24) is 9.78 Å². The molecule has 1 aromatic rings. The van der Waals surface area contributed by atoms with E-state index < -0.39 is 0 Å². The Kier molecular flexibility index (Phi) is 3.30. The molecule has 0 amide bonds. The molecule has 0 spiro atoms. The van der Waals surface area contributed by atoms with Gasteiger partial charge < -0.3 is 11.1 Å². The van der Waals surface area contributed by atoms with Crippen LogP contribution in [0.2, 0.25) is 0 Å². The Balaban J connectivity index is 2.14. The van der Waals surface area contributed by atoms with Crippen LogP contribution in [0.15, 0.2) is 0 Å². The lowest BCUT2D eigenvalue weighted by Gasteiger charge is -2.17. The fraction of sp³-hybridized carbons (Fsp3) is 0.750. The molecule has 0 saturated heterocycles. The molecule has 4 nitrogen and oxygen atoms in total. The Hall–Kier alpha value is -0.840. The maximum Gasteiger partial charge on any atom is 0.148 e. The third-order valence-corrected chi connectivity index (χ3v) is 4.86. The van der Waals surface area contributed by atoms with Gasteiger partial charge in [-0.05, 0) is 39.9 Å². The van der Waals surface area contributed by atoms with E-state index in [2.05, 4.69) is 30.5 Å². The lowest BCUT2D eigenvalue weighted by Crippen LogP contribution is -2.20. The van der Waals surface area contributed by atoms with Gasteiger partial charge in [0.05, 0.1) is 11.4 Å². The summed E-state index contributed by atoms with van der Waals surface area (Å²) in [6, 6.07) is 0.331. The number of aromatic nitrogens is 2. The fourth-order valence-corrected chi connectivity index (χ4v) is 2.67. The average Bonchev–Trinajstić information content (AvgIpc) is 3.01. The smallest absolute Gasteiger partial charge is 0.148 e. The molecule has 0 atom stereocenters. The van der Waals surface area contributed by atoms with E-state index in [1.54, 1.807) is 0 Å². The summed E-state index contributed by atoms with van der Waals surface area (Å²) in [4.78, 5) is 0. The van der Waals surface area contributed by atoms with Gasteiger partial charge in [0.15, 0.2) is 0 Å². The van der Waals surface area contributed by atoms with E-state index in [0.29, 0.717) is 10.8 Å². The van der Waals surface area contributed by atoms with Gasteiger partial charge in [-0.1, -0.05) is 0 Å². The van der Waals surface area contributed by atoms with Crippen molar-refractivity contribution < 1.29 is 0 Å². The minimum absolute atomic E-state index is 0.331. The molecule has 0 unspecified atom stereocenters. The molecule has 0 bridgehead atoms. The van der Waals surface area contributed by atoms with Crippen LogP contribution in [0.25, 0.3) is 0 Å². The van der Waals surface area contributed by atoms with Crippen LogP contribution in [0.1, 0.15) is 38.4 Å². The van der Waals surface area contributed by atoms with E-state index >= 15 is 0 Å². The first kappa shape index (κ1) is 12.6. The number of rotatable bonds is 5. The van der Waals surface area contributed by atoms with E-state index in [4.69, 9.17) is 5.73 Å². The molecule has 1 aliphatic carbocycles. The monoisotopic (exact) mass is 254 g/mol. The van der Waals surface area contributed by atoms with Crippen molar-refractivity contribution in [2.24, 2.45) is 0 Å². The molecule has 0 radical (unpaired) electrons. The van der Waals surface area contributed by atoms with Crippen molar-refractivity contribution in [2.45, 2.75) is 44.4 Å². The predicted octanol–water partition coefficient (Wildman–Crippen LogP) is 2.66. The number of hydrogen-bond acceptors (Lipinski definition) is 4. The maximum atomic E-state index is 6.08. The van der Waals surface area contributed by atoms with Gasteiger partial charge in [-0.15, -0.1) is 0 Å². The minimum Gasteiger partial charge on any atom is -0.394 e. The van der Waals surface area contributed by atoms with Crippen LogP contribution in [-0.2, 0) is 0 Å². The van der Waals surface area contributed by atoms with Gasteiger partial charge in [0.25, 0.3) is 0 Å². The molecule has 2 rings (SSSR count). The van der Waals surface area contributed by atoms with Crippen LogP contribution in [0.5, 0.6) is 0 Å². The summed E-state index contributed by atoms with van der Waals surface area (Å²) in [6.45, 7) is 7.19. The van der Waals surface area contributed by atoms with Crippen LogP contribution in [0.3, 0.4) is 0 Å². The van der Waals surface area contributed by atoms with Gasteiger partial charge in [0.2, 0.25) is 0 Å². The van der Waals surface area contributed by atoms with Crippen LogP contribution in [-0.4, -0.2) is 27.3 Å². The standard InChI is InChI=1S/C12H22N4S/c1-8(2)16-11(10(13)9(3)15-16)14-7-12(17-4)5-6-12/h8,14H,5-7,13H2,1-4H3. The zero-order valence-electron chi connectivity index (χ0n) is 11.1. The Morgan fingerprint density at radius 1 is 1.53 bits per heavy atom. The van der Waals surface area contributed by atoms with Crippen molar-refractivity contribution in [1.29, 1.82) is 0 Å². The highest BCUT2D eigenvalue weighted by atomic mass is 32.2. The van der Waals surface area contributed by atoms with Gasteiger partial charge in [0.1, 0.15) is 5.82 Å². The maximum absolute atomic E-state index is 6.08. The molecular weight excluding hydrogens is 232 g/mol. The molecular formula is C12H22N4S. The Morgan fingerprint density at radius 3 is 2.65 bits per heavy atom. The first-order valence-corrected chi connectivity index (χ1v) is 7.35. The highest BCUT2D eigenvalue weighted by Gasteiger charge is 2.41. The SMILES string of the molecule is CSC1(CNc2c(N)c(C)nn2C(C)C)CC1. The second-order valence-corrected chi connectivity index (χ2v) is 6.40. The summed E-state index contributed by atoms with van der Waals surface area (Å²) < 4.78 is 2.42. The van der Waals surface area contributed by atoms with Crippen molar-refractivity contribution in [3.63, 3.8) is 0 Å². The highest BCUT2D eigenvalue weighted by molar-refractivity contribution is 8.00. The third-order valence-electron chi connectivity index (χ3n) is 3.44. The number of nitrogens with zero attached hydrogens (tertiary/aromatic N) is 2. The van der Waals surface area contributed by atoms with Gasteiger partial charge in [-0.2, -0.15) is 16.9 Å². The molecule has 96 valence electrons. The molecule has 17 heavy (non-hydrogen) atoms. The number of aryl methyl sites for hydroxylation is 1. The summed E-state index contributed by atoms with van der Waals surface area (Å²) >= 11 is 1.95. The number of nitrogens with two attached hydrogens (primary N) is 1. The van der Waals surface area contributed by atoms with Crippen LogP contribution in [0.4, 0.5) is 11.5 Å². The van der Waals surface area contributed by atoms with Crippen molar-refractivity contribution in [3.05, 3.63) is 5.69 Å². The highest BCUT2D eigenvalue weighted by Crippen LogP contribution is 2.47. The quantitative estimate of drug-likeness (QED) is 0.848. The fourth-order valence-electron chi connectivity index (χ4n) is 1.95. The molecule has 1 fully saturated rings. The molecule has 1 saturated carbocycles. The first-order valence-electron chi connectivity index (χ1n) is 6.13. The second kappa shape index (κ2) is 4.44. The first-order chi connectivity index (χ1) is 7.99. The number of nitrogen functional groups attached to an aromatic ring is 1. The number of thioether (sulfide) groups is 1.